The summed E-state index contributed by atoms with van der Waals surface area (Å²) in [5, 5.41) is 10.0. The van der Waals surface area contributed by atoms with Crippen molar-refractivity contribution in [2.24, 2.45) is 0 Å². The Bertz CT molecular complexity index is 443. The summed E-state index contributed by atoms with van der Waals surface area (Å²) < 4.78 is 11.1. The first-order chi connectivity index (χ1) is 8.94. The number of methoxy groups -OCH3 is 1. The third-order valence-electron chi connectivity index (χ3n) is 3.45. The van der Waals surface area contributed by atoms with Gasteiger partial charge in [0.05, 0.1) is 25.4 Å². The van der Waals surface area contributed by atoms with Crippen molar-refractivity contribution < 1.29 is 14.6 Å². The van der Waals surface area contributed by atoms with Gasteiger partial charge in [0.15, 0.2) is 0 Å². The maximum atomic E-state index is 10.0. The molecule has 4 nitrogen and oxygen atoms in total. The molecule has 0 radical (unpaired) electrons. The van der Waals surface area contributed by atoms with Crippen LogP contribution in [0.2, 0.25) is 0 Å². The number of benzene rings is 1. The largest absolute Gasteiger partial charge is 0.496 e. The Hall–Kier alpha value is -1.26. The molecule has 1 N–H and O–H groups in total. The van der Waals surface area contributed by atoms with Crippen molar-refractivity contribution in [3.8, 4) is 5.75 Å². The smallest absolute Gasteiger partial charge is 0.126 e. The first kappa shape index (κ1) is 14.2. The summed E-state index contributed by atoms with van der Waals surface area (Å²) in [4.78, 5) is 2.26. The number of rotatable bonds is 3. The molecule has 0 amide bonds. The third-order valence-corrected chi connectivity index (χ3v) is 3.45. The topological polar surface area (TPSA) is 41.9 Å². The van der Waals surface area contributed by atoms with E-state index in [4.69, 9.17) is 9.47 Å². The fourth-order valence-electron chi connectivity index (χ4n) is 2.63. The maximum absolute atomic E-state index is 10.0. The molecule has 0 saturated carbocycles. The van der Waals surface area contributed by atoms with Gasteiger partial charge in [-0.3, -0.25) is 0 Å². The van der Waals surface area contributed by atoms with Crippen LogP contribution < -0.4 is 9.64 Å². The summed E-state index contributed by atoms with van der Waals surface area (Å²) in [7, 11) is 1.63. The average Bonchev–Trinajstić information content (AvgIpc) is 2.36. The van der Waals surface area contributed by atoms with Gasteiger partial charge in [-0.2, -0.15) is 0 Å². The van der Waals surface area contributed by atoms with Crippen LogP contribution in [0.4, 0.5) is 5.69 Å². The van der Waals surface area contributed by atoms with Gasteiger partial charge in [0.2, 0.25) is 0 Å². The number of aliphatic hydroxyl groups excluding tert-OH is 1. The Balaban J connectivity index is 2.38. The zero-order valence-corrected chi connectivity index (χ0v) is 12.1. The highest BCUT2D eigenvalue weighted by atomic mass is 16.5. The fourth-order valence-corrected chi connectivity index (χ4v) is 2.63. The van der Waals surface area contributed by atoms with E-state index in [-0.39, 0.29) is 5.60 Å². The Morgan fingerprint density at radius 3 is 2.74 bits per heavy atom. The molecule has 1 aliphatic heterocycles. The minimum Gasteiger partial charge on any atom is -0.496 e. The summed E-state index contributed by atoms with van der Waals surface area (Å²) in [5.74, 6) is 0.733. The molecule has 1 aromatic rings. The molecule has 1 saturated heterocycles. The third kappa shape index (κ3) is 3.01. The Labute approximate surface area is 114 Å². The Morgan fingerprint density at radius 2 is 2.16 bits per heavy atom. The van der Waals surface area contributed by atoms with Crippen LogP contribution in [-0.2, 0) is 4.74 Å². The van der Waals surface area contributed by atoms with E-state index < -0.39 is 6.10 Å². The van der Waals surface area contributed by atoms with Gasteiger partial charge in [0.25, 0.3) is 0 Å². The SMILES string of the molecule is COc1cccc(N2CCOC(C)(C)C2)c1[C@H](C)O. The van der Waals surface area contributed by atoms with E-state index in [0.29, 0.717) is 6.61 Å². The van der Waals surface area contributed by atoms with Crippen molar-refractivity contribution in [1.29, 1.82) is 0 Å². The van der Waals surface area contributed by atoms with E-state index in [2.05, 4.69) is 18.7 Å². The maximum Gasteiger partial charge on any atom is 0.126 e. The number of morpholine rings is 1. The lowest BCUT2D eigenvalue weighted by molar-refractivity contribution is -0.0278. The number of nitrogens with zero attached hydrogens (tertiary/aromatic N) is 1. The van der Waals surface area contributed by atoms with Gasteiger partial charge >= 0.3 is 0 Å². The molecule has 1 atom stereocenters. The van der Waals surface area contributed by atoms with Gasteiger partial charge in [0.1, 0.15) is 5.75 Å². The zero-order chi connectivity index (χ0) is 14.0. The lowest BCUT2D eigenvalue weighted by Crippen LogP contribution is -2.48. The van der Waals surface area contributed by atoms with Gasteiger partial charge in [-0.1, -0.05) is 6.07 Å². The van der Waals surface area contributed by atoms with Crippen LogP contribution in [-0.4, -0.2) is 37.5 Å². The molecule has 1 fully saturated rings. The Kier molecular flexibility index (Phi) is 4.02. The minimum absolute atomic E-state index is 0.169. The first-order valence-electron chi connectivity index (χ1n) is 6.68. The summed E-state index contributed by atoms with van der Waals surface area (Å²) in [6.07, 6.45) is -0.558. The highest BCUT2D eigenvalue weighted by molar-refractivity contribution is 5.60. The van der Waals surface area contributed by atoms with Gasteiger partial charge in [0, 0.05) is 24.3 Å². The number of anilines is 1. The molecule has 0 bridgehead atoms. The molecule has 19 heavy (non-hydrogen) atoms. The molecule has 2 rings (SSSR count). The average molecular weight is 265 g/mol. The molecule has 0 aliphatic carbocycles. The van der Waals surface area contributed by atoms with Crippen molar-refractivity contribution in [3.05, 3.63) is 23.8 Å². The molecule has 0 aromatic heterocycles. The lowest BCUT2D eigenvalue weighted by atomic mass is 10.0. The van der Waals surface area contributed by atoms with Crippen molar-refractivity contribution in [2.75, 3.05) is 31.7 Å². The van der Waals surface area contributed by atoms with Crippen LogP contribution in [0, 0.1) is 0 Å². The predicted molar refractivity (Wildman–Crippen MR) is 75.9 cm³/mol. The highest BCUT2D eigenvalue weighted by Gasteiger charge is 2.29. The van der Waals surface area contributed by atoms with Gasteiger partial charge in [-0.05, 0) is 32.9 Å². The fraction of sp³-hybridized carbons (Fsp3) is 0.600. The summed E-state index contributed by atoms with van der Waals surface area (Å²) >= 11 is 0. The van der Waals surface area contributed by atoms with Crippen LogP contribution in [0.3, 0.4) is 0 Å². The van der Waals surface area contributed by atoms with Crippen molar-refractivity contribution in [2.45, 2.75) is 32.5 Å². The number of ether oxygens (including phenoxy) is 2. The second-order valence-corrected chi connectivity index (χ2v) is 5.60. The molecule has 0 spiro atoms. The summed E-state index contributed by atoms with van der Waals surface area (Å²) in [6.45, 7) is 8.27. The highest BCUT2D eigenvalue weighted by Crippen LogP contribution is 2.36. The van der Waals surface area contributed by atoms with Crippen molar-refractivity contribution >= 4 is 5.69 Å². The second kappa shape index (κ2) is 5.39. The first-order valence-corrected chi connectivity index (χ1v) is 6.68. The molecule has 106 valence electrons. The molecule has 4 heteroatoms. The Morgan fingerprint density at radius 1 is 1.42 bits per heavy atom. The second-order valence-electron chi connectivity index (χ2n) is 5.60. The van der Waals surface area contributed by atoms with Crippen LogP contribution in [0.25, 0.3) is 0 Å². The van der Waals surface area contributed by atoms with Gasteiger partial charge in [-0.15, -0.1) is 0 Å². The van der Waals surface area contributed by atoms with Gasteiger partial charge < -0.3 is 19.5 Å². The van der Waals surface area contributed by atoms with Crippen LogP contribution >= 0.6 is 0 Å². The molecule has 1 aliphatic rings. The molecule has 0 unspecified atom stereocenters. The normalized spacial score (nSPS) is 20.2. The van der Waals surface area contributed by atoms with Crippen molar-refractivity contribution in [1.82, 2.24) is 0 Å². The lowest BCUT2D eigenvalue weighted by Gasteiger charge is -2.40. The van der Waals surface area contributed by atoms with E-state index >= 15 is 0 Å². The summed E-state index contributed by atoms with van der Waals surface area (Å²) in [5.41, 5.74) is 1.71. The number of hydrogen-bond acceptors (Lipinski definition) is 4. The standard InChI is InChI=1S/C15H23NO3/c1-11(17)14-12(6-5-7-13(14)18-4)16-8-9-19-15(2,3)10-16/h5-7,11,17H,8-10H2,1-4H3/t11-/m0/s1. The monoisotopic (exact) mass is 265 g/mol. The van der Waals surface area contributed by atoms with Gasteiger partial charge in [-0.25, -0.2) is 0 Å². The summed E-state index contributed by atoms with van der Waals surface area (Å²) in [6, 6.07) is 5.88. The van der Waals surface area contributed by atoms with E-state index in [0.717, 1.165) is 30.1 Å². The predicted octanol–water partition coefficient (Wildman–Crippen LogP) is 2.36. The van der Waals surface area contributed by atoms with Crippen LogP contribution in [0.15, 0.2) is 18.2 Å². The molecular weight excluding hydrogens is 242 g/mol. The zero-order valence-electron chi connectivity index (χ0n) is 12.1. The molecular formula is C15H23NO3. The number of aliphatic hydroxyl groups is 1. The minimum atomic E-state index is -0.558. The van der Waals surface area contributed by atoms with E-state index in [1.807, 2.05) is 18.2 Å². The van der Waals surface area contributed by atoms with E-state index in [1.54, 1.807) is 14.0 Å². The van der Waals surface area contributed by atoms with E-state index in [1.165, 1.54) is 0 Å². The van der Waals surface area contributed by atoms with Crippen LogP contribution in [0.1, 0.15) is 32.4 Å². The number of hydrogen-bond donors (Lipinski definition) is 1. The van der Waals surface area contributed by atoms with Crippen molar-refractivity contribution in [3.63, 3.8) is 0 Å². The molecule has 1 heterocycles. The quantitative estimate of drug-likeness (QED) is 0.911. The molecule has 1 aromatic carbocycles. The van der Waals surface area contributed by atoms with E-state index in [9.17, 15) is 5.11 Å². The van der Waals surface area contributed by atoms with Crippen LogP contribution in [0.5, 0.6) is 5.75 Å².